The molecule has 0 unspecified atom stereocenters. The van der Waals surface area contributed by atoms with Crippen LogP contribution in [0.1, 0.15) is 51.4 Å². The van der Waals surface area contributed by atoms with Gasteiger partial charge in [0.25, 0.3) is 0 Å². The van der Waals surface area contributed by atoms with Crippen molar-refractivity contribution in [2.75, 3.05) is 101 Å². The molecule has 0 bridgehead atoms. The first-order valence-electron chi connectivity index (χ1n) is 12.6. The average Bonchev–Trinajstić information content (AvgIpc) is 2.83. The second-order valence-electron chi connectivity index (χ2n) is 7.49. The summed E-state index contributed by atoms with van der Waals surface area (Å²) in [5, 5.41) is 0. The minimum atomic E-state index is 0.565. The Labute approximate surface area is 229 Å². The molecule has 0 fully saturated rings. The Kier molecular flexibility index (Phi) is 34.4. The van der Waals surface area contributed by atoms with Gasteiger partial charge >= 0.3 is 0 Å². The largest absolute Gasteiger partial charge is 0.379 e. The lowest BCUT2D eigenvalue weighted by Crippen LogP contribution is -2.14. The molecule has 0 aromatic heterocycles. The zero-order valence-electron chi connectivity index (χ0n) is 20.6. The molecule has 7 nitrogen and oxygen atoms in total. The fourth-order valence-electron chi connectivity index (χ4n) is 2.73. The number of unbranched alkanes of at least 4 members (excludes halogenated alkanes) is 6. The van der Waals surface area contributed by atoms with Crippen LogP contribution in [0.2, 0.25) is 0 Å². The van der Waals surface area contributed by atoms with E-state index in [9.17, 15) is 0 Å². The number of halogens is 2. The van der Waals surface area contributed by atoms with Crippen molar-refractivity contribution in [1.29, 1.82) is 0 Å². The second kappa shape index (κ2) is 33.2. The summed E-state index contributed by atoms with van der Waals surface area (Å²) in [5.41, 5.74) is 0. The summed E-state index contributed by atoms with van der Waals surface area (Å²) < 4.78 is 41.0. The molecular formula is C24H48I2O7. The summed E-state index contributed by atoms with van der Waals surface area (Å²) in [4.78, 5) is 0. The van der Waals surface area contributed by atoms with Crippen molar-refractivity contribution >= 4 is 45.2 Å². The zero-order chi connectivity index (χ0) is 23.9. The molecule has 0 saturated heterocycles. The first-order chi connectivity index (χ1) is 16.4. The smallest absolute Gasteiger partial charge is 0.0701 e. The third-order valence-electron chi connectivity index (χ3n) is 4.58. The van der Waals surface area contributed by atoms with E-state index in [0.29, 0.717) is 79.3 Å². The summed E-state index contributed by atoms with van der Waals surface area (Å²) in [6, 6.07) is 0. The molecule has 0 aromatic rings. The molecule has 0 rings (SSSR count). The van der Waals surface area contributed by atoms with Gasteiger partial charge in [0.05, 0.1) is 79.3 Å². The van der Waals surface area contributed by atoms with Crippen LogP contribution in [0.4, 0.5) is 0 Å². The third-order valence-corrected chi connectivity index (χ3v) is 6.10. The predicted octanol–water partition coefficient (Wildman–Crippen LogP) is 5.09. The quantitative estimate of drug-likeness (QED) is 0.0588. The number of hydrogen-bond donors (Lipinski definition) is 0. The second-order valence-corrected chi connectivity index (χ2v) is 9.65. The van der Waals surface area contributed by atoms with Gasteiger partial charge in [-0.15, -0.1) is 0 Å². The number of ether oxygens (including phenoxy) is 7. The fraction of sp³-hybridized carbons (Fsp3) is 1.00. The lowest BCUT2D eigenvalue weighted by molar-refractivity contribution is -0.0206. The topological polar surface area (TPSA) is 64.6 Å². The van der Waals surface area contributed by atoms with E-state index >= 15 is 0 Å². The maximum Gasteiger partial charge on any atom is 0.0701 e. The van der Waals surface area contributed by atoms with Gasteiger partial charge in [0.2, 0.25) is 0 Å². The van der Waals surface area contributed by atoms with E-state index < -0.39 is 0 Å². The average molecular weight is 702 g/mol. The maximum atomic E-state index is 5.55. The molecule has 0 atom stereocenters. The Morgan fingerprint density at radius 1 is 0.242 bits per heavy atom. The van der Waals surface area contributed by atoms with Crippen LogP contribution < -0.4 is 0 Å². The number of alkyl halides is 2. The Bertz CT molecular complexity index is 312. The van der Waals surface area contributed by atoms with Crippen LogP contribution in [0.3, 0.4) is 0 Å². The first-order valence-corrected chi connectivity index (χ1v) is 15.6. The molecule has 9 heteroatoms. The van der Waals surface area contributed by atoms with Crippen molar-refractivity contribution in [3.63, 3.8) is 0 Å². The highest BCUT2D eigenvalue weighted by Crippen LogP contribution is 2.03. The van der Waals surface area contributed by atoms with Crippen LogP contribution in [0.25, 0.3) is 0 Å². The monoisotopic (exact) mass is 702 g/mol. The van der Waals surface area contributed by atoms with Gasteiger partial charge in [0.1, 0.15) is 0 Å². The molecule has 0 aromatic carbocycles. The van der Waals surface area contributed by atoms with Crippen molar-refractivity contribution < 1.29 is 33.2 Å². The fourth-order valence-corrected chi connectivity index (χ4v) is 3.80. The Hall–Kier alpha value is 1.18. The molecule has 200 valence electrons. The highest BCUT2D eigenvalue weighted by Gasteiger charge is 1.95. The molecule has 0 saturated carbocycles. The van der Waals surface area contributed by atoms with E-state index in [4.69, 9.17) is 33.2 Å². The van der Waals surface area contributed by atoms with Crippen LogP contribution >= 0.6 is 45.2 Å². The highest BCUT2D eigenvalue weighted by molar-refractivity contribution is 14.1. The summed E-state index contributed by atoms with van der Waals surface area (Å²) in [6.45, 7) is 8.85. The van der Waals surface area contributed by atoms with Gasteiger partial charge in [-0.3, -0.25) is 0 Å². The van der Waals surface area contributed by atoms with E-state index in [1.165, 1.54) is 47.4 Å². The van der Waals surface area contributed by atoms with Crippen LogP contribution in [-0.4, -0.2) is 101 Å². The normalized spacial score (nSPS) is 11.5. The van der Waals surface area contributed by atoms with Gasteiger partial charge in [0, 0.05) is 13.2 Å². The van der Waals surface area contributed by atoms with E-state index in [0.717, 1.165) is 26.1 Å². The molecule has 0 amide bonds. The first kappa shape index (κ1) is 34.2. The Morgan fingerprint density at radius 2 is 0.455 bits per heavy atom. The maximum absolute atomic E-state index is 5.55. The van der Waals surface area contributed by atoms with Crippen LogP contribution in [-0.2, 0) is 33.2 Å². The zero-order valence-corrected chi connectivity index (χ0v) is 24.9. The Balaban J connectivity index is 2.99. The molecular weight excluding hydrogens is 654 g/mol. The lowest BCUT2D eigenvalue weighted by atomic mass is 10.2. The van der Waals surface area contributed by atoms with Crippen LogP contribution in [0.5, 0.6) is 0 Å². The molecule has 0 spiro atoms. The molecule has 33 heavy (non-hydrogen) atoms. The minimum Gasteiger partial charge on any atom is -0.379 e. The SMILES string of the molecule is ICCCCCCOCCOCCOCCOCCOCCOCCOCCCCCCI. The van der Waals surface area contributed by atoms with Crippen LogP contribution in [0, 0.1) is 0 Å². The van der Waals surface area contributed by atoms with E-state index in [2.05, 4.69) is 45.2 Å². The number of rotatable bonds is 30. The molecule has 0 aliphatic heterocycles. The summed E-state index contributed by atoms with van der Waals surface area (Å²) in [7, 11) is 0. The van der Waals surface area contributed by atoms with E-state index in [1.807, 2.05) is 0 Å². The minimum absolute atomic E-state index is 0.565. The molecule has 0 heterocycles. The standard InChI is InChI=1S/C24H48I2O7/c25-9-5-1-3-7-11-27-13-15-29-17-19-31-21-23-33-24-22-32-20-18-30-16-14-28-12-8-4-2-6-10-26/h1-24H2. The van der Waals surface area contributed by atoms with Crippen molar-refractivity contribution in [2.24, 2.45) is 0 Å². The summed E-state index contributed by atoms with van der Waals surface area (Å²) >= 11 is 4.85. The van der Waals surface area contributed by atoms with Gasteiger partial charge in [-0.1, -0.05) is 70.9 Å². The van der Waals surface area contributed by atoms with Gasteiger partial charge in [-0.25, -0.2) is 0 Å². The van der Waals surface area contributed by atoms with E-state index in [-0.39, 0.29) is 0 Å². The Morgan fingerprint density at radius 3 is 0.697 bits per heavy atom. The van der Waals surface area contributed by atoms with Crippen molar-refractivity contribution in [3.8, 4) is 0 Å². The van der Waals surface area contributed by atoms with Gasteiger partial charge in [-0.2, -0.15) is 0 Å². The van der Waals surface area contributed by atoms with Gasteiger partial charge < -0.3 is 33.2 Å². The molecule has 0 N–H and O–H groups in total. The van der Waals surface area contributed by atoms with Gasteiger partial charge in [-0.05, 0) is 34.5 Å². The number of hydrogen-bond acceptors (Lipinski definition) is 7. The van der Waals surface area contributed by atoms with E-state index in [1.54, 1.807) is 0 Å². The predicted molar refractivity (Wildman–Crippen MR) is 150 cm³/mol. The highest BCUT2D eigenvalue weighted by atomic mass is 127. The summed E-state index contributed by atoms with van der Waals surface area (Å²) in [5.74, 6) is 0. The third kappa shape index (κ3) is 33.2. The van der Waals surface area contributed by atoms with Crippen molar-refractivity contribution in [2.45, 2.75) is 51.4 Å². The van der Waals surface area contributed by atoms with Crippen molar-refractivity contribution in [3.05, 3.63) is 0 Å². The van der Waals surface area contributed by atoms with Crippen LogP contribution in [0.15, 0.2) is 0 Å². The lowest BCUT2D eigenvalue weighted by Gasteiger charge is -2.08. The summed E-state index contributed by atoms with van der Waals surface area (Å²) in [6.07, 6.45) is 10.1. The molecule has 0 aliphatic rings. The van der Waals surface area contributed by atoms with Gasteiger partial charge in [0.15, 0.2) is 0 Å². The molecule has 0 radical (unpaired) electrons. The van der Waals surface area contributed by atoms with Crippen molar-refractivity contribution in [1.82, 2.24) is 0 Å². The molecule has 0 aliphatic carbocycles.